The van der Waals surface area contributed by atoms with Gasteiger partial charge in [0.05, 0.1) is 17.8 Å². The summed E-state index contributed by atoms with van der Waals surface area (Å²) >= 11 is 0. The smallest absolute Gasteiger partial charge is 0.250 e. The molecule has 3 aliphatic rings. The van der Waals surface area contributed by atoms with Crippen LogP contribution in [-0.4, -0.2) is 59.0 Å². The van der Waals surface area contributed by atoms with Gasteiger partial charge in [-0.1, -0.05) is 30.9 Å². The van der Waals surface area contributed by atoms with Crippen LogP contribution in [-0.2, 0) is 24.2 Å². The van der Waals surface area contributed by atoms with Gasteiger partial charge < -0.3 is 14.6 Å². The van der Waals surface area contributed by atoms with Crippen molar-refractivity contribution in [1.82, 2.24) is 40.5 Å². The molecule has 2 fully saturated rings. The summed E-state index contributed by atoms with van der Waals surface area (Å²) in [7, 11) is 0. The predicted octanol–water partition coefficient (Wildman–Crippen LogP) is 2.15. The quantitative estimate of drug-likeness (QED) is 0.600. The van der Waals surface area contributed by atoms with Crippen molar-refractivity contribution >= 4 is 11.9 Å². The average Bonchev–Trinajstić information content (AvgIpc) is 3.58. The number of H-pyrrole nitrogens is 1. The number of hydrogen-bond donors (Lipinski definition) is 2. The fourth-order valence-electron chi connectivity index (χ4n) is 5.55. The first-order valence-electron chi connectivity index (χ1n) is 11.8. The van der Waals surface area contributed by atoms with E-state index < -0.39 is 0 Å². The van der Waals surface area contributed by atoms with Gasteiger partial charge in [-0.15, -0.1) is 15.3 Å². The molecular weight excluding hydrogens is 422 g/mol. The summed E-state index contributed by atoms with van der Waals surface area (Å²) in [6.45, 7) is 1.05. The van der Waals surface area contributed by atoms with Crippen LogP contribution in [0.1, 0.15) is 55.8 Å². The van der Waals surface area contributed by atoms with Crippen LogP contribution in [0.3, 0.4) is 0 Å². The molecule has 2 unspecified atom stereocenters. The molecule has 2 N–H and O–H groups in total. The van der Waals surface area contributed by atoms with Crippen LogP contribution in [0.15, 0.2) is 16.8 Å². The zero-order valence-electron chi connectivity index (χ0n) is 18.4. The first kappa shape index (κ1) is 20.3. The lowest BCUT2D eigenvalue weighted by molar-refractivity contribution is -0.131. The van der Waals surface area contributed by atoms with Crippen molar-refractivity contribution in [3.8, 4) is 11.5 Å². The third kappa shape index (κ3) is 4.19. The minimum absolute atomic E-state index is 0.0463. The van der Waals surface area contributed by atoms with Crippen LogP contribution >= 0.6 is 0 Å². The third-order valence-electron chi connectivity index (χ3n) is 7.27. The van der Waals surface area contributed by atoms with Crippen LogP contribution in [0.2, 0.25) is 0 Å². The van der Waals surface area contributed by atoms with E-state index in [0.717, 1.165) is 23.2 Å². The molecule has 3 aromatic heterocycles. The molecule has 2 atom stereocenters. The van der Waals surface area contributed by atoms with Gasteiger partial charge in [0.25, 0.3) is 5.89 Å². The average molecular weight is 450 g/mol. The molecule has 11 heteroatoms. The lowest BCUT2D eigenvalue weighted by atomic mass is 9.82. The van der Waals surface area contributed by atoms with Crippen LogP contribution in [0, 0.1) is 11.8 Å². The Balaban J connectivity index is 1.05. The largest absolute Gasteiger partial charge is 0.420 e. The highest BCUT2D eigenvalue weighted by Gasteiger charge is 2.35. The molecule has 0 bridgehead atoms. The summed E-state index contributed by atoms with van der Waals surface area (Å²) in [6, 6.07) is 0.452. The van der Waals surface area contributed by atoms with Gasteiger partial charge in [0, 0.05) is 31.4 Å². The molecule has 0 spiro atoms. The van der Waals surface area contributed by atoms with Gasteiger partial charge in [-0.05, 0) is 24.7 Å². The van der Waals surface area contributed by atoms with E-state index in [1.807, 2.05) is 0 Å². The van der Waals surface area contributed by atoms with Crippen molar-refractivity contribution in [2.45, 2.75) is 64.0 Å². The van der Waals surface area contributed by atoms with Crippen LogP contribution in [0.4, 0.5) is 5.95 Å². The Morgan fingerprint density at radius 1 is 1.12 bits per heavy atom. The Morgan fingerprint density at radius 2 is 1.91 bits per heavy atom. The number of aromatic amines is 1. The highest BCUT2D eigenvalue weighted by Crippen LogP contribution is 2.42. The second kappa shape index (κ2) is 8.53. The molecule has 3 aromatic rings. The van der Waals surface area contributed by atoms with E-state index in [0.29, 0.717) is 43.0 Å². The number of carbonyl (C=O) groups excluding carboxylic acids is 1. The SMILES string of the molecule is O=C(Cc1nnc(-c2cnc(NC3CC4CCCCC4C3)nc2)o1)N1CCc2[nH]nnc2C1. The van der Waals surface area contributed by atoms with E-state index in [-0.39, 0.29) is 18.2 Å². The first-order chi connectivity index (χ1) is 16.2. The molecule has 2 saturated carbocycles. The van der Waals surface area contributed by atoms with Crippen LogP contribution in [0.25, 0.3) is 11.5 Å². The topological polar surface area (TPSA) is 139 Å². The minimum Gasteiger partial charge on any atom is -0.420 e. The number of anilines is 1. The maximum Gasteiger partial charge on any atom is 0.250 e. The van der Waals surface area contributed by atoms with Crippen molar-refractivity contribution in [1.29, 1.82) is 0 Å². The van der Waals surface area contributed by atoms with Crippen molar-refractivity contribution in [2.75, 3.05) is 11.9 Å². The van der Waals surface area contributed by atoms with E-state index in [4.69, 9.17) is 4.42 Å². The number of rotatable bonds is 5. The van der Waals surface area contributed by atoms with Gasteiger partial charge >= 0.3 is 0 Å². The zero-order valence-corrected chi connectivity index (χ0v) is 18.4. The summed E-state index contributed by atoms with van der Waals surface area (Å²) in [5.41, 5.74) is 2.43. The second-order valence-electron chi connectivity index (χ2n) is 9.39. The van der Waals surface area contributed by atoms with Gasteiger partial charge in [0.15, 0.2) is 0 Å². The minimum atomic E-state index is -0.0771. The van der Waals surface area contributed by atoms with Gasteiger partial charge in [-0.3, -0.25) is 9.89 Å². The fraction of sp³-hybridized carbons (Fsp3) is 0.591. The summed E-state index contributed by atoms with van der Waals surface area (Å²) in [5.74, 6) is 2.86. The molecular formula is C22H27N9O2. The Hall–Kier alpha value is -3.37. The maximum atomic E-state index is 12.7. The molecule has 0 aromatic carbocycles. The summed E-state index contributed by atoms with van der Waals surface area (Å²) < 4.78 is 5.72. The van der Waals surface area contributed by atoms with Gasteiger partial charge in [0.2, 0.25) is 17.7 Å². The molecule has 4 heterocycles. The molecule has 2 aliphatic carbocycles. The molecule has 33 heavy (non-hydrogen) atoms. The first-order valence-corrected chi connectivity index (χ1v) is 11.8. The monoisotopic (exact) mass is 449 g/mol. The highest BCUT2D eigenvalue weighted by molar-refractivity contribution is 5.78. The van der Waals surface area contributed by atoms with E-state index >= 15 is 0 Å². The molecule has 172 valence electrons. The molecule has 11 nitrogen and oxygen atoms in total. The van der Waals surface area contributed by atoms with Crippen molar-refractivity contribution in [3.05, 3.63) is 29.7 Å². The standard InChI is InChI=1S/C22H27N9O2/c32-20(31-6-5-17-18(12-31)27-30-26-17)9-19-28-29-21(33-19)15-10-23-22(24-11-15)25-16-7-13-3-1-2-4-14(13)8-16/h10-11,13-14,16H,1-9,12H2,(H,23,24,25)(H,26,27,30). The fourth-order valence-corrected chi connectivity index (χ4v) is 5.55. The second-order valence-corrected chi connectivity index (χ2v) is 9.39. The summed E-state index contributed by atoms with van der Waals surface area (Å²) in [5, 5.41) is 22.3. The highest BCUT2D eigenvalue weighted by atomic mass is 16.4. The number of fused-ring (bicyclic) bond motifs is 2. The van der Waals surface area contributed by atoms with E-state index in [1.165, 1.54) is 38.5 Å². The molecule has 1 amide bonds. The lowest BCUT2D eigenvalue weighted by Crippen LogP contribution is -2.37. The Morgan fingerprint density at radius 3 is 2.70 bits per heavy atom. The van der Waals surface area contributed by atoms with Gasteiger partial charge in [-0.25, -0.2) is 9.97 Å². The van der Waals surface area contributed by atoms with Crippen molar-refractivity contribution in [3.63, 3.8) is 0 Å². The Labute approximate surface area is 190 Å². The molecule has 1 aliphatic heterocycles. The van der Waals surface area contributed by atoms with Crippen LogP contribution < -0.4 is 5.32 Å². The van der Waals surface area contributed by atoms with Crippen molar-refractivity contribution in [2.24, 2.45) is 11.8 Å². The maximum absolute atomic E-state index is 12.7. The molecule has 6 rings (SSSR count). The molecule has 0 radical (unpaired) electrons. The normalized spacial score (nSPS) is 24.4. The number of aromatic nitrogens is 7. The summed E-state index contributed by atoms with van der Waals surface area (Å²) in [4.78, 5) is 23.3. The van der Waals surface area contributed by atoms with E-state index in [9.17, 15) is 4.79 Å². The lowest BCUT2D eigenvalue weighted by Gasteiger charge is -2.25. The summed E-state index contributed by atoms with van der Waals surface area (Å²) in [6.07, 6.45) is 12.0. The number of carbonyl (C=O) groups is 1. The third-order valence-corrected chi connectivity index (χ3v) is 7.27. The Kier molecular flexibility index (Phi) is 5.23. The van der Waals surface area contributed by atoms with E-state index in [1.54, 1.807) is 17.3 Å². The number of nitrogens with one attached hydrogen (secondary N) is 2. The number of nitrogens with zero attached hydrogens (tertiary/aromatic N) is 7. The van der Waals surface area contributed by atoms with Crippen LogP contribution in [0.5, 0.6) is 0 Å². The van der Waals surface area contributed by atoms with Gasteiger partial charge in [-0.2, -0.15) is 0 Å². The molecule has 0 saturated heterocycles. The predicted molar refractivity (Wildman–Crippen MR) is 117 cm³/mol. The van der Waals surface area contributed by atoms with E-state index in [2.05, 4.69) is 40.9 Å². The Bertz CT molecular complexity index is 1110. The van der Waals surface area contributed by atoms with Gasteiger partial charge in [0.1, 0.15) is 12.1 Å². The zero-order chi connectivity index (χ0) is 22.2. The van der Waals surface area contributed by atoms with Crippen molar-refractivity contribution < 1.29 is 9.21 Å². The number of amides is 1. The number of hydrogen-bond acceptors (Lipinski definition) is 9.